The van der Waals surface area contributed by atoms with Crippen LogP contribution in [0.25, 0.3) is 11.0 Å². The molecule has 3 heterocycles. The molecule has 0 aliphatic carbocycles. The third kappa shape index (κ3) is 3.37. The Labute approximate surface area is 154 Å². The first-order valence-electron chi connectivity index (χ1n) is 9.10. The van der Waals surface area contributed by atoms with Crippen molar-refractivity contribution in [3.63, 3.8) is 0 Å². The highest BCUT2D eigenvalue weighted by molar-refractivity contribution is 5.85. The van der Waals surface area contributed by atoms with E-state index in [1.54, 1.807) is 0 Å². The van der Waals surface area contributed by atoms with E-state index in [1.165, 1.54) is 5.56 Å². The minimum Gasteiger partial charge on any atom is -0.381 e. The number of benzene rings is 1. The molecule has 5 nitrogen and oxygen atoms in total. The van der Waals surface area contributed by atoms with Crippen LogP contribution in [0.5, 0.6) is 0 Å². The van der Waals surface area contributed by atoms with Crippen LogP contribution in [0.15, 0.2) is 23.0 Å². The van der Waals surface area contributed by atoms with Gasteiger partial charge in [0.15, 0.2) is 0 Å². The third-order valence-electron chi connectivity index (χ3n) is 6.04. The molecule has 2 aromatic rings. The smallest absolute Gasteiger partial charge is 0.326 e. The monoisotopic (exact) mass is 365 g/mol. The van der Waals surface area contributed by atoms with Gasteiger partial charge in [0.1, 0.15) is 0 Å². The second-order valence-corrected chi connectivity index (χ2v) is 7.65. The summed E-state index contributed by atoms with van der Waals surface area (Å²) in [5.74, 6) is 0. The van der Waals surface area contributed by atoms with E-state index < -0.39 is 0 Å². The van der Waals surface area contributed by atoms with Crippen molar-refractivity contribution in [1.82, 2.24) is 14.5 Å². The Hall–Kier alpha value is -1.30. The first-order chi connectivity index (χ1) is 11.6. The van der Waals surface area contributed by atoms with Crippen LogP contribution in [0.3, 0.4) is 0 Å². The molecule has 2 aliphatic rings. The van der Waals surface area contributed by atoms with Crippen LogP contribution < -0.4 is 5.69 Å². The number of fused-ring (bicyclic) bond motifs is 1. The number of hydrogen-bond acceptors (Lipinski definition) is 3. The average Bonchev–Trinajstić information content (AvgIpc) is 2.91. The van der Waals surface area contributed by atoms with Crippen molar-refractivity contribution < 1.29 is 4.74 Å². The molecule has 4 rings (SSSR count). The molecule has 25 heavy (non-hydrogen) atoms. The topological polar surface area (TPSA) is 50.3 Å². The molecule has 1 N–H and O–H groups in total. The van der Waals surface area contributed by atoms with Crippen LogP contribution in [0.4, 0.5) is 0 Å². The molecule has 0 radical (unpaired) electrons. The number of piperidine rings is 1. The van der Waals surface area contributed by atoms with Gasteiger partial charge in [0.05, 0.1) is 11.0 Å². The minimum absolute atomic E-state index is 0. The number of hydrogen-bond donors (Lipinski definition) is 1. The summed E-state index contributed by atoms with van der Waals surface area (Å²) >= 11 is 0. The zero-order valence-corrected chi connectivity index (χ0v) is 15.9. The molecule has 0 saturated carbocycles. The van der Waals surface area contributed by atoms with Crippen molar-refractivity contribution >= 4 is 23.4 Å². The number of likely N-dealkylation sites (tertiary alicyclic amines) is 1. The van der Waals surface area contributed by atoms with Gasteiger partial charge in [-0.05, 0) is 57.2 Å². The van der Waals surface area contributed by atoms with Crippen LogP contribution in [0.2, 0.25) is 0 Å². The molecular formula is C19H28ClN3O2. The lowest BCUT2D eigenvalue weighted by molar-refractivity contribution is -0.0312. The summed E-state index contributed by atoms with van der Waals surface area (Å²) in [7, 11) is 0. The van der Waals surface area contributed by atoms with Gasteiger partial charge in [-0.1, -0.05) is 6.07 Å². The number of nitrogens with zero attached hydrogens (tertiary/aromatic N) is 2. The van der Waals surface area contributed by atoms with Crippen molar-refractivity contribution in [3.8, 4) is 0 Å². The third-order valence-corrected chi connectivity index (χ3v) is 6.04. The first kappa shape index (κ1) is 18.5. The maximum atomic E-state index is 12.5. The second-order valence-electron chi connectivity index (χ2n) is 7.65. The highest BCUT2D eigenvalue weighted by Crippen LogP contribution is 2.33. The van der Waals surface area contributed by atoms with E-state index in [0.717, 1.165) is 63.0 Å². The van der Waals surface area contributed by atoms with Crippen molar-refractivity contribution in [2.24, 2.45) is 0 Å². The fourth-order valence-corrected chi connectivity index (χ4v) is 4.39. The summed E-state index contributed by atoms with van der Waals surface area (Å²) in [4.78, 5) is 18.1. The van der Waals surface area contributed by atoms with E-state index >= 15 is 0 Å². The largest absolute Gasteiger partial charge is 0.381 e. The fourth-order valence-electron chi connectivity index (χ4n) is 4.39. The molecule has 0 atom stereocenters. The van der Waals surface area contributed by atoms with E-state index in [-0.39, 0.29) is 23.6 Å². The second kappa shape index (κ2) is 7.14. The van der Waals surface area contributed by atoms with E-state index in [1.807, 2.05) is 10.6 Å². The number of rotatable bonds is 2. The number of aryl methyl sites for hydroxylation is 1. The Balaban J connectivity index is 0.00000182. The van der Waals surface area contributed by atoms with Gasteiger partial charge in [-0.2, -0.15) is 0 Å². The highest BCUT2D eigenvalue weighted by Gasteiger charge is 2.36. The number of aromatic nitrogens is 2. The Morgan fingerprint density at radius 3 is 2.56 bits per heavy atom. The summed E-state index contributed by atoms with van der Waals surface area (Å²) in [5, 5.41) is 0. The standard InChI is InChI=1S/C19H27N3O2.ClH/c1-14-3-4-16-17(13-14)22(18(23)20-16)15-5-9-21(10-6-15)19(2)7-11-24-12-8-19;/h3-4,13,15H,5-12H2,1-2H3,(H,20,23);1H. The van der Waals surface area contributed by atoms with Crippen molar-refractivity contribution in [1.29, 1.82) is 0 Å². The van der Waals surface area contributed by atoms with Crippen LogP contribution in [-0.4, -0.2) is 46.3 Å². The van der Waals surface area contributed by atoms with Crippen LogP contribution in [0, 0.1) is 6.92 Å². The molecule has 0 spiro atoms. The van der Waals surface area contributed by atoms with Crippen molar-refractivity contribution in [3.05, 3.63) is 34.2 Å². The maximum absolute atomic E-state index is 12.5. The van der Waals surface area contributed by atoms with Gasteiger partial charge in [-0.15, -0.1) is 12.4 Å². The van der Waals surface area contributed by atoms with Gasteiger partial charge < -0.3 is 9.72 Å². The molecule has 0 unspecified atom stereocenters. The Bertz CT molecular complexity index is 784. The predicted octanol–water partition coefficient (Wildman–Crippen LogP) is 3.27. The summed E-state index contributed by atoms with van der Waals surface area (Å²) in [6, 6.07) is 6.49. The Kier molecular flexibility index (Phi) is 5.28. The zero-order chi connectivity index (χ0) is 16.7. The first-order valence-corrected chi connectivity index (χ1v) is 9.10. The van der Waals surface area contributed by atoms with Crippen molar-refractivity contribution in [2.45, 2.75) is 51.1 Å². The van der Waals surface area contributed by atoms with Crippen molar-refractivity contribution in [2.75, 3.05) is 26.3 Å². The lowest BCUT2D eigenvalue weighted by Gasteiger charge is -2.47. The lowest BCUT2D eigenvalue weighted by atomic mass is 9.87. The summed E-state index contributed by atoms with van der Waals surface area (Å²) in [5.41, 5.74) is 3.50. The molecule has 2 saturated heterocycles. The van der Waals surface area contributed by atoms with Gasteiger partial charge >= 0.3 is 5.69 Å². The maximum Gasteiger partial charge on any atom is 0.326 e. The molecule has 2 aliphatic heterocycles. The van der Waals surface area contributed by atoms with Crippen LogP contribution in [0.1, 0.15) is 44.2 Å². The van der Waals surface area contributed by atoms with Crippen LogP contribution in [-0.2, 0) is 4.74 Å². The van der Waals surface area contributed by atoms with Gasteiger partial charge in [-0.3, -0.25) is 9.47 Å². The zero-order valence-electron chi connectivity index (χ0n) is 15.1. The van der Waals surface area contributed by atoms with Gasteiger partial charge in [0.25, 0.3) is 0 Å². The number of halogens is 1. The van der Waals surface area contributed by atoms with Gasteiger partial charge in [-0.25, -0.2) is 4.79 Å². The molecule has 2 fully saturated rings. The SMILES string of the molecule is Cc1ccc2[nH]c(=O)n(C3CCN(C4(C)CCOCC4)CC3)c2c1.Cl. The van der Waals surface area contributed by atoms with Crippen LogP contribution >= 0.6 is 12.4 Å². The number of aromatic amines is 1. The van der Waals surface area contributed by atoms with E-state index in [4.69, 9.17) is 4.74 Å². The molecule has 138 valence electrons. The number of nitrogens with one attached hydrogen (secondary N) is 1. The summed E-state index contributed by atoms with van der Waals surface area (Å²) in [6.45, 7) is 8.32. The van der Waals surface area contributed by atoms with Gasteiger partial charge in [0, 0.05) is 37.9 Å². The number of ether oxygens (including phenoxy) is 1. The highest BCUT2D eigenvalue weighted by atomic mass is 35.5. The molecular weight excluding hydrogens is 338 g/mol. The molecule has 0 bridgehead atoms. The van der Waals surface area contributed by atoms with E-state index in [0.29, 0.717) is 6.04 Å². The quantitative estimate of drug-likeness (QED) is 0.888. The normalized spacial score (nSPS) is 22.0. The predicted molar refractivity (Wildman–Crippen MR) is 103 cm³/mol. The molecule has 6 heteroatoms. The molecule has 1 aromatic heterocycles. The minimum atomic E-state index is 0. The lowest BCUT2D eigenvalue weighted by Crippen LogP contribution is -2.53. The molecule has 0 amide bonds. The van der Waals surface area contributed by atoms with E-state index in [9.17, 15) is 4.79 Å². The fraction of sp³-hybridized carbons (Fsp3) is 0.632. The Morgan fingerprint density at radius 2 is 1.88 bits per heavy atom. The summed E-state index contributed by atoms with van der Waals surface area (Å²) < 4.78 is 7.53. The number of H-pyrrole nitrogens is 1. The van der Waals surface area contributed by atoms with Gasteiger partial charge in [0.2, 0.25) is 0 Å². The molecule has 1 aromatic carbocycles. The Morgan fingerprint density at radius 1 is 1.20 bits per heavy atom. The average molecular weight is 366 g/mol. The number of imidazole rings is 1. The van der Waals surface area contributed by atoms with E-state index in [2.05, 4.69) is 35.9 Å². The summed E-state index contributed by atoms with van der Waals surface area (Å²) in [6.07, 6.45) is 4.31.